The van der Waals surface area contributed by atoms with Gasteiger partial charge in [-0.2, -0.15) is 11.8 Å². The summed E-state index contributed by atoms with van der Waals surface area (Å²) in [4.78, 5) is 11.1. The topological polar surface area (TPSA) is 81.1 Å². The summed E-state index contributed by atoms with van der Waals surface area (Å²) in [5, 5.41) is 3.13. The Morgan fingerprint density at radius 2 is 2.27 bits per heavy atom. The third kappa shape index (κ3) is 3.36. The van der Waals surface area contributed by atoms with Crippen molar-refractivity contribution in [3.8, 4) is 0 Å². The molecule has 0 atom stereocenters. The number of hydrogen-bond donors (Lipinski definition) is 3. The normalized spacial score (nSPS) is 9.93. The highest BCUT2D eigenvalue weighted by Gasteiger charge is 2.07. The number of carbonyl (C=O) groups excluding carboxylic acids is 1. The summed E-state index contributed by atoms with van der Waals surface area (Å²) in [7, 11) is 0. The monoisotopic (exact) mass is 225 g/mol. The first kappa shape index (κ1) is 11.7. The van der Waals surface area contributed by atoms with Gasteiger partial charge in [-0.25, -0.2) is 0 Å². The van der Waals surface area contributed by atoms with Gasteiger partial charge < -0.3 is 16.8 Å². The third-order valence-corrected chi connectivity index (χ3v) is 2.54. The maximum absolute atomic E-state index is 11.1. The van der Waals surface area contributed by atoms with Crippen LogP contribution in [0.5, 0.6) is 0 Å². The number of carbonyl (C=O) groups is 1. The molecule has 0 aromatic heterocycles. The molecule has 1 aromatic carbocycles. The standard InChI is InChI=1S/C10H15N3OS/c1-15-5-4-13-9-6-7(11)2-3-8(9)10(12)14/h2-3,6,13H,4-5,11H2,1H3,(H2,12,14). The summed E-state index contributed by atoms with van der Waals surface area (Å²) in [6.07, 6.45) is 2.02. The van der Waals surface area contributed by atoms with Crippen LogP contribution in [0.1, 0.15) is 10.4 Å². The number of anilines is 2. The van der Waals surface area contributed by atoms with Gasteiger partial charge in [0, 0.05) is 23.7 Å². The molecule has 0 saturated carbocycles. The number of nitrogens with one attached hydrogen (secondary N) is 1. The van der Waals surface area contributed by atoms with E-state index in [1.807, 2.05) is 6.26 Å². The lowest BCUT2D eigenvalue weighted by atomic mass is 10.1. The molecule has 1 aromatic rings. The van der Waals surface area contributed by atoms with Crippen molar-refractivity contribution in [2.45, 2.75) is 0 Å². The molecule has 5 heteroatoms. The first-order valence-electron chi connectivity index (χ1n) is 4.57. The van der Waals surface area contributed by atoms with E-state index in [1.165, 1.54) is 0 Å². The second-order valence-electron chi connectivity index (χ2n) is 3.09. The summed E-state index contributed by atoms with van der Waals surface area (Å²) in [5.74, 6) is 0.522. The van der Waals surface area contributed by atoms with Gasteiger partial charge in [-0.15, -0.1) is 0 Å². The van der Waals surface area contributed by atoms with E-state index >= 15 is 0 Å². The molecule has 5 N–H and O–H groups in total. The largest absolute Gasteiger partial charge is 0.399 e. The first-order chi connectivity index (χ1) is 7.15. The molecule has 0 saturated heterocycles. The van der Waals surface area contributed by atoms with Crippen LogP contribution in [0.3, 0.4) is 0 Å². The lowest BCUT2D eigenvalue weighted by Crippen LogP contribution is -2.15. The van der Waals surface area contributed by atoms with Crippen molar-refractivity contribution in [1.82, 2.24) is 0 Å². The number of amides is 1. The van der Waals surface area contributed by atoms with Gasteiger partial charge in [-0.3, -0.25) is 4.79 Å². The smallest absolute Gasteiger partial charge is 0.250 e. The van der Waals surface area contributed by atoms with Gasteiger partial charge in [0.15, 0.2) is 0 Å². The van der Waals surface area contributed by atoms with Crippen molar-refractivity contribution >= 4 is 29.0 Å². The fraction of sp³-hybridized carbons (Fsp3) is 0.300. The number of nitrogens with two attached hydrogens (primary N) is 2. The number of rotatable bonds is 5. The van der Waals surface area contributed by atoms with Gasteiger partial charge in [0.25, 0.3) is 5.91 Å². The maximum Gasteiger partial charge on any atom is 0.250 e. The third-order valence-electron chi connectivity index (χ3n) is 1.93. The predicted octanol–water partition coefficient (Wildman–Crippen LogP) is 1.14. The number of nitrogen functional groups attached to an aromatic ring is 1. The van der Waals surface area contributed by atoms with Crippen molar-refractivity contribution in [1.29, 1.82) is 0 Å². The van der Waals surface area contributed by atoms with Crippen LogP contribution in [0.15, 0.2) is 18.2 Å². The Bertz CT molecular complexity index is 355. The number of thioether (sulfide) groups is 1. The summed E-state index contributed by atoms with van der Waals surface area (Å²) < 4.78 is 0. The van der Waals surface area contributed by atoms with Crippen molar-refractivity contribution < 1.29 is 4.79 Å². The van der Waals surface area contributed by atoms with Gasteiger partial charge in [-0.05, 0) is 24.5 Å². The zero-order valence-corrected chi connectivity index (χ0v) is 9.43. The van der Waals surface area contributed by atoms with E-state index < -0.39 is 5.91 Å². The average molecular weight is 225 g/mol. The fourth-order valence-electron chi connectivity index (χ4n) is 1.21. The molecule has 0 aliphatic rings. The molecule has 15 heavy (non-hydrogen) atoms. The Morgan fingerprint density at radius 3 is 2.87 bits per heavy atom. The maximum atomic E-state index is 11.1. The minimum Gasteiger partial charge on any atom is -0.399 e. The number of hydrogen-bond acceptors (Lipinski definition) is 4. The lowest BCUT2D eigenvalue weighted by molar-refractivity contribution is 0.100. The van der Waals surface area contributed by atoms with Crippen LogP contribution in [0.4, 0.5) is 11.4 Å². The molecule has 0 aliphatic heterocycles. The van der Waals surface area contributed by atoms with Crippen LogP contribution in [-0.4, -0.2) is 24.5 Å². The molecule has 0 spiro atoms. The van der Waals surface area contributed by atoms with Crippen molar-refractivity contribution in [3.63, 3.8) is 0 Å². The molecule has 0 radical (unpaired) electrons. The summed E-state index contributed by atoms with van der Waals surface area (Å²) in [5.41, 5.74) is 12.7. The fourth-order valence-corrected chi connectivity index (χ4v) is 1.52. The molecular formula is C10H15N3OS. The van der Waals surface area contributed by atoms with Crippen LogP contribution in [-0.2, 0) is 0 Å². The summed E-state index contributed by atoms with van der Waals surface area (Å²) in [6, 6.07) is 5.03. The van der Waals surface area contributed by atoms with E-state index in [0.29, 0.717) is 16.9 Å². The molecule has 1 rings (SSSR count). The van der Waals surface area contributed by atoms with Gasteiger partial charge in [0.1, 0.15) is 0 Å². The van der Waals surface area contributed by atoms with E-state index in [0.717, 1.165) is 12.3 Å². The van der Waals surface area contributed by atoms with E-state index in [4.69, 9.17) is 11.5 Å². The second-order valence-corrected chi connectivity index (χ2v) is 4.07. The quantitative estimate of drug-likeness (QED) is 0.518. The zero-order chi connectivity index (χ0) is 11.3. The van der Waals surface area contributed by atoms with Gasteiger partial charge >= 0.3 is 0 Å². The average Bonchev–Trinajstić information content (AvgIpc) is 2.18. The Kier molecular flexibility index (Phi) is 4.30. The van der Waals surface area contributed by atoms with Gasteiger partial charge in [-0.1, -0.05) is 0 Å². The number of primary amides is 1. The summed E-state index contributed by atoms with van der Waals surface area (Å²) in [6.45, 7) is 0.783. The van der Waals surface area contributed by atoms with Crippen molar-refractivity contribution in [2.75, 3.05) is 29.6 Å². The molecule has 0 unspecified atom stereocenters. The van der Waals surface area contributed by atoms with E-state index in [-0.39, 0.29) is 0 Å². The van der Waals surface area contributed by atoms with Crippen molar-refractivity contribution in [2.24, 2.45) is 5.73 Å². The molecule has 0 heterocycles. The van der Waals surface area contributed by atoms with Crippen LogP contribution < -0.4 is 16.8 Å². The Hall–Kier alpha value is -1.36. The van der Waals surface area contributed by atoms with Crippen LogP contribution in [0.2, 0.25) is 0 Å². The summed E-state index contributed by atoms with van der Waals surface area (Å²) >= 11 is 1.73. The van der Waals surface area contributed by atoms with Crippen LogP contribution in [0.25, 0.3) is 0 Å². The highest BCUT2D eigenvalue weighted by molar-refractivity contribution is 7.98. The molecule has 4 nitrogen and oxygen atoms in total. The molecule has 1 amide bonds. The van der Waals surface area contributed by atoms with E-state index in [1.54, 1.807) is 30.0 Å². The van der Waals surface area contributed by atoms with Crippen molar-refractivity contribution in [3.05, 3.63) is 23.8 Å². The van der Waals surface area contributed by atoms with Gasteiger partial charge in [0.05, 0.1) is 5.56 Å². The highest BCUT2D eigenvalue weighted by Crippen LogP contribution is 2.18. The predicted molar refractivity (Wildman–Crippen MR) is 66.2 cm³/mol. The number of benzene rings is 1. The second kappa shape index (κ2) is 5.50. The Labute approximate surface area is 93.4 Å². The first-order valence-corrected chi connectivity index (χ1v) is 5.96. The Balaban J connectivity index is 2.82. The minimum atomic E-state index is -0.443. The molecule has 0 fully saturated rings. The van der Waals surface area contributed by atoms with E-state index in [9.17, 15) is 4.79 Å². The molecule has 0 aliphatic carbocycles. The van der Waals surface area contributed by atoms with Crippen LogP contribution >= 0.6 is 11.8 Å². The van der Waals surface area contributed by atoms with E-state index in [2.05, 4.69) is 5.32 Å². The SMILES string of the molecule is CSCCNc1cc(N)ccc1C(N)=O. The van der Waals surface area contributed by atoms with Crippen LogP contribution in [0, 0.1) is 0 Å². The molecular weight excluding hydrogens is 210 g/mol. The Morgan fingerprint density at radius 1 is 1.53 bits per heavy atom. The lowest BCUT2D eigenvalue weighted by Gasteiger charge is -2.10. The highest BCUT2D eigenvalue weighted by atomic mass is 32.2. The van der Waals surface area contributed by atoms with Gasteiger partial charge in [0.2, 0.25) is 0 Å². The molecule has 82 valence electrons. The molecule has 0 bridgehead atoms. The minimum absolute atomic E-state index is 0.443. The zero-order valence-electron chi connectivity index (χ0n) is 8.62.